The van der Waals surface area contributed by atoms with Gasteiger partial charge in [-0.3, -0.25) is 4.99 Å². The van der Waals surface area contributed by atoms with Crippen molar-refractivity contribution in [2.24, 2.45) is 4.99 Å². The highest BCUT2D eigenvalue weighted by molar-refractivity contribution is 5.87. The molecule has 0 atom stereocenters. The average Bonchev–Trinajstić information content (AvgIpc) is 1.91. The Morgan fingerprint density at radius 1 is 1.78 bits per heavy atom. The predicted octanol–water partition coefficient (Wildman–Crippen LogP) is 1.65. The van der Waals surface area contributed by atoms with Crippen molar-refractivity contribution in [1.82, 2.24) is 0 Å². The minimum absolute atomic E-state index is 0.490. The van der Waals surface area contributed by atoms with Gasteiger partial charge in [0, 0.05) is 11.9 Å². The molecular weight excluding hydrogens is 112 g/mol. The summed E-state index contributed by atoms with van der Waals surface area (Å²) in [6.07, 6.45) is 6.28. The second kappa shape index (κ2) is 3.03. The first-order valence-electron chi connectivity index (χ1n) is 3.01. The zero-order chi connectivity index (χ0) is 6.53. The Hall–Kier alpha value is -1.10. The van der Waals surface area contributed by atoms with Crippen LogP contribution in [0.1, 0.15) is 19.3 Å². The first kappa shape index (κ1) is 6.03. The quantitative estimate of drug-likeness (QED) is 0.518. The summed E-state index contributed by atoms with van der Waals surface area (Å²) < 4.78 is 0. The second-order valence-electron chi connectivity index (χ2n) is 1.95. The molecule has 1 aliphatic rings. The van der Waals surface area contributed by atoms with E-state index in [2.05, 4.69) is 11.1 Å². The Balaban J connectivity index is 2.50. The van der Waals surface area contributed by atoms with E-state index in [9.17, 15) is 0 Å². The highest BCUT2D eigenvalue weighted by atomic mass is 14.7. The van der Waals surface area contributed by atoms with E-state index in [4.69, 9.17) is 5.26 Å². The molecule has 0 saturated carbocycles. The van der Waals surface area contributed by atoms with Crippen LogP contribution in [0.4, 0.5) is 0 Å². The number of hydrogen-bond acceptors (Lipinski definition) is 2. The minimum atomic E-state index is 0.490. The highest BCUT2D eigenvalue weighted by Gasteiger charge is 1.98. The van der Waals surface area contributed by atoms with Crippen molar-refractivity contribution in [3.8, 4) is 6.07 Å². The van der Waals surface area contributed by atoms with E-state index in [1.807, 2.05) is 6.08 Å². The summed E-state index contributed by atoms with van der Waals surface area (Å²) in [6.45, 7) is 0. The molecule has 0 N–H and O–H groups in total. The number of nitrogens with zero attached hydrogens (tertiary/aromatic N) is 2. The zero-order valence-electron chi connectivity index (χ0n) is 5.17. The Morgan fingerprint density at radius 3 is 3.22 bits per heavy atom. The van der Waals surface area contributed by atoms with Crippen molar-refractivity contribution in [3.63, 3.8) is 0 Å². The van der Waals surface area contributed by atoms with Gasteiger partial charge in [0.25, 0.3) is 0 Å². The normalized spacial score (nSPS) is 16.6. The maximum Gasteiger partial charge on any atom is 0.0735 e. The van der Waals surface area contributed by atoms with Crippen LogP contribution in [-0.4, -0.2) is 5.71 Å². The molecule has 0 saturated heterocycles. The third-order valence-electron chi connectivity index (χ3n) is 1.25. The van der Waals surface area contributed by atoms with E-state index in [0.29, 0.717) is 6.42 Å². The van der Waals surface area contributed by atoms with Gasteiger partial charge in [-0.25, -0.2) is 0 Å². The van der Waals surface area contributed by atoms with Crippen LogP contribution in [0.5, 0.6) is 0 Å². The molecule has 0 fully saturated rings. The van der Waals surface area contributed by atoms with Crippen LogP contribution in [0.3, 0.4) is 0 Å². The molecule has 0 aromatic carbocycles. The molecular formula is C7H8N2. The van der Waals surface area contributed by atoms with Crippen LogP contribution >= 0.6 is 0 Å². The lowest BCUT2D eigenvalue weighted by Crippen LogP contribution is -1.97. The number of hydrogen-bond donors (Lipinski definition) is 0. The van der Waals surface area contributed by atoms with Gasteiger partial charge in [-0.05, 0) is 12.8 Å². The van der Waals surface area contributed by atoms with Gasteiger partial charge < -0.3 is 0 Å². The molecule has 0 spiro atoms. The molecule has 46 valence electrons. The molecule has 1 rings (SSSR count). The van der Waals surface area contributed by atoms with Crippen LogP contribution in [0.25, 0.3) is 0 Å². The molecule has 1 aliphatic heterocycles. The smallest absolute Gasteiger partial charge is 0.0735 e. The topological polar surface area (TPSA) is 36.1 Å². The third kappa shape index (κ3) is 1.69. The molecule has 0 aromatic rings. The summed E-state index contributed by atoms with van der Waals surface area (Å²) in [5, 5.41) is 8.26. The Bertz CT molecular complexity index is 184. The average molecular weight is 120 g/mol. The fourth-order valence-electron chi connectivity index (χ4n) is 0.772. The lowest BCUT2D eigenvalue weighted by atomic mass is 10.1. The van der Waals surface area contributed by atoms with Gasteiger partial charge in [0.1, 0.15) is 0 Å². The first-order valence-corrected chi connectivity index (χ1v) is 3.01. The zero-order valence-corrected chi connectivity index (χ0v) is 5.17. The van der Waals surface area contributed by atoms with Crippen LogP contribution in [-0.2, 0) is 0 Å². The largest absolute Gasteiger partial charge is 0.265 e. The Kier molecular flexibility index (Phi) is 2.03. The van der Waals surface area contributed by atoms with Gasteiger partial charge in [-0.15, -0.1) is 0 Å². The standard InChI is InChI=1S/C7H8N2/c8-5-4-7-3-1-2-6-9-7/h2,6H,1,3-4H2. The molecule has 2 heteroatoms. The summed E-state index contributed by atoms with van der Waals surface area (Å²) in [4.78, 5) is 4.03. The molecule has 0 unspecified atom stereocenters. The van der Waals surface area contributed by atoms with Crippen molar-refractivity contribution in [3.05, 3.63) is 12.3 Å². The van der Waals surface area contributed by atoms with Gasteiger partial charge in [-0.2, -0.15) is 5.26 Å². The van der Waals surface area contributed by atoms with Crippen LogP contribution in [0.15, 0.2) is 17.3 Å². The van der Waals surface area contributed by atoms with Crippen LogP contribution < -0.4 is 0 Å². The molecule has 0 aromatic heterocycles. The van der Waals surface area contributed by atoms with E-state index in [1.54, 1.807) is 6.20 Å². The summed E-state index contributed by atoms with van der Waals surface area (Å²) in [5.74, 6) is 0. The molecule has 0 bridgehead atoms. The molecule has 1 heterocycles. The monoisotopic (exact) mass is 120 g/mol. The summed E-state index contributed by atoms with van der Waals surface area (Å²) in [6, 6.07) is 2.07. The maximum atomic E-state index is 8.26. The SMILES string of the molecule is N#CCC1=NC=CCC1. The van der Waals surface area contributed by atoms with Crippen LogP contribution in [0, 0.1) is 11.3 Å². The highest BCUT2D eigenvalue weighted by Crippen LogP contribution is 2.04. The number of rotatable bonds is 1. The second-order valence-corrected chi connectivity index (χ2v) is 1.95. The number of allylic oxidation sites excluding steroid dienone is 1. The van der Waals surface area contributed by atoms with Crippen molar-refractivity contribution < 1.29 is 0 Å². The van der Waals surface area contributed by atoms with Gasteiger partial charge in [-0.1, -0.05) is 6.08 Å². The van der Waals surface area contributed by atoms with Gasteiger partial charge in [0.15, 0.2) is 0 Å². The fraction of sp³-hybridized carbons (Fsp3) is 0.429. The van der Waals surface area contributed by atoms with E-state index < -0.39 is 0 Å². The minimum Gasteiger partial charge on any atom is -0.265 e. The van der Waals surface area contributed by atoms with E-state index in [0.717, 1.165) is 18.6 Å². The lowest BCUT2D eigenvalue weighted by molar-refractivity contribution is 1.04. The summed E-state index contributed by atoms with van der Waals surface area (Å²) >= 11 is 0. The van der Waals surface area contributed by atoms with Gasteiger partial charge >= 0.3 is 0 Å². The van der Waals surface area contributed by atoms with Gasteiger partial charge in [0.05, 0.1) is 12.5 Å². The summed E-state index contributed by atoms with van der Waals surface area (Å²) in [7, 11) is 0. The number of nitriles is 1. The third-order valence-corrected chi connectivity index (χ3v) is 1.25. The van der Waals surface area contributed by atoms with Crippen molar-refractivity contribution in [2.45, 2.75) is 19.3 Å². The van der Waals surface area contributed by atoms with E-state index in [1.165, 1.54) is 0 Å². The number of aliphatic imine (C=N–C) groups is 1. The lowest BCUT2D eigenvalue weighted by Gasteiger charge is -2.00. The molecule has 0 amide bonds. The molecule has 0 aliphatic carbocycles. The first-order chi connectivity index (χ1) is 4.43. The van der Waals surface area contributed by atoms with Crippen LogP contribution in [0.2, 0.25) is 0 Å². The van der Waals surface area contributed by atoms with E-state index in [-0.39, 0.29) is 0 Å². The maximum absolute atomic E-state index is 8.26. The predicted molar refractivity (Wildman–Crippen MR) is 36.0 cm³/mol. The van der Waals surface area contributed by atoms with E-state index >= 15 is 0 Å². The summed E-state index contributed by atoms with van der Waals surface area (Å²) in [5.41, 5.74) is 1.01. The molecule has 0 radical (unpaired) electrons. The fourth-order valence-corrected chi connectivity index (χ4v) is 0.772. The Labute approximate surface area is 54.5 Å². The van der Waals surface area contributed by atoms with Crippen molar-refractivity contribution in [1.29, 1.82) is 5.26 Å². The van der Waals surface area contributed by atoms with Crippen molar-refractivity contribution in [2.75, 3.05) is 0 Å². The Morgan fingerprint density at radius 2 is 2.67 bits per heavy atom. The van der Waals surface area contributed by atoms with Gasteiger partial charge in [0.2, 0.25) is 0 Å². The molecule has 2 nitrogen and oxygen atoms in total. The van der Waals surface area contributed by atoms with Crippen molar-refractivity contribution >= 4 is 5.71 Å². The molecule has 9 heavy (non-hydrogen) atoms.